The Morgan fingerprint density at radius 1 is 0.902 bits per heavy atom. The zero-order valence-electron chi connectivity index (χ0n) is 33.0. The number of aliphatic hydroxyl groups excluding tert-OH is 3. The number of aliphatic hydroxyl groups is 4. The van der Waals surface area contributed by atoms with Gasteiger partial charge in [-0.1, -0.05) is 27.7 Å². The molecule has 18 atom stereocenters. The van der Waals surface area contributed by atoms with E-state index in [-0.39, 0.29) is 37.2 Å². The molecule has 3 heterocycles. The molecule has 5 N–H and O–H groups in total. The van der Waals surface area contributed by atoms with Crippen LogP contribution in [-0.4, -0.2) is 138 Å². The van der Waals surface area contributed by atoms with Crippen molar-refractivity contribution in [1.29, 1.82) is 0 Å². The first kappa shape index (κ1) is 44.1. The molecule has 0 radical (unpaired) electrons. The largest absolute Gasteiger partial charge is 0.459 e. The predicted octanol–water partition coefficient (Wildman–Crippen LogP) is 2.10. The number of ether oxygens (including phenoxy) is 7. The fraction of sp³-hybridized carbons (Fsp3) is 0.946. The molecule has 0 saturated carbocycles. The second-order valence-corrected chi connectivity index (χ2v) is 15.9. The Labute approximate surface area is 304 Å². The minimum atomic E-state index is -1.96. The Hall–Kier alpha value is -1.30. The number of carbonyl (C=O) groups excluding carboxylic acids is 2. The summed E-state index contributed by atoms with van der Waals surface area (Å²) in [5.74, 6) is -4.34. The van der Waals surface area contributed by atoms with Crippen molar-refractivity contribution in [3.8, 4) is 0 Å². The zero-order chi connectivity index (χ0) is 38.8. The van der Waals surface area contributed by atoms with Crippen molar-refractivity contribution in [2.45, 2.75) is 179 Å². The second kappa shape index (κ2) is 17.4. The number of rotatable bonds is 8. The summed E-state index contributed by atoms with van der Waals surface area (Å²) in [5, 5.41) is 48.4. The minimum absolute atomic E-state index is 0.0557. The van der Waals surface area contributed by atoms with Gasteiger partial charge in [0.1, 0.15) is 29.7 Å². The fourth-order valence-corrected chi connectivity index (χ4v) is 8.18. The third kappa shape index (κ3) is 9.16. The highest BCUT2D eigenvalue weighted by atomic mass is 16.7. The van der Waals surface area contributed by atoms with Gasteiger partial charge < -0.3 is 58.9 Å². The van der Waals surface area contributed by atoms with Gasteiger partial charge in [-0.25, -0.2) is 0 Å². The normalized spacial score (nSPS) is 49.6. The lowest BCUT2D eigenvalue weighted by molar-refractivity contribution is -0.319. The number of esters is 1. The SMILES string of the molecule is CC[C@H]1OC(=O)[C@H](C)[C@@H](O[C@H]2C[C@@](C)(OC)[C@@H](O)[C@H](C)O2)[C@H](C)[C@@H](O[C@@H]2O[C@H](C)C[C@H](NC)[C@H]2O)[C@](C)(OC)[C@H](C)CC(=O)[C@H](C)[C@@H](O)[C@]1(C)O. The predicted molar refractivity (Wildman–Crippen MR) is 186 cm³/mol. The molecular weight excluding hydrogens is 666 g/mol. The standard InChI is InChI=1S/C37H67NO13/c1-14-26-36(9,44)30(41)20(4)25(39)15-18(2)37(10,46-13)32(51-34-28(40)24(38-11)16-19(3)47-34)21(5)29(22(6)33(43)49-26)50-27-17-35(8,45-12)31(42)23(7)48-27/h18-24,26-32,34,38,40-42,44H,14-17H2,1-13H3/t18-,19-,20+,21+,22-,23+,24+,26-,27+,28-,29+,30-,31+,32-,34+,35-,36-,37-/m1/s1. The van der Waals surface area contributed by atoms with Crippen LogP contribution < -0.4 is 5.32 Å². The first-order valence-corrected chi connectivity index (χ1v) is 18.5. The van der Waals surface area contributed by atoms with E-state index in [2.05, 4.69) is 5.32 Å². The van der Waals surface area contributed by atoms with Crippen LogP contribution in [0.5, 0.6) is 0 Å². The van der Waals surface area contributed by atoms with Crippen molar-refractivity contribution in [3.63, 3.8) is 0 Å². The highest BCUT2D eigenvalue weighted by Gasteiger charge is 2.54. The van der Waals surface area contributed by atoms with Crippen molar-refractivity contribution in [2.24, 2.45) is 23.7 Å². The minimum Gasteiger partial charge on any atom is -0.459 e. The number of methoxy groups -OCH3 is 2. The van der Waals surface area contributed by atoms with Gasteiger partial charge in [-0.05, 0) is 67.3 Å². The molecule has 3 saturated heterocycles. The Bertz CT molecular complexity index is 1160. The molecule has 0 unspecified atom stereocenters. The molecule has 0 aromatic carbocycles. The molecule has 3 aliphatic heterocycles. The van der Waals surface area contributed by atoms with Crippen LogP contribution >= 0.6 is 0 Å². The molecule has 3 aliphatic rings. The van der Waals surface area contributed by atoms with Crippen LogP contribution in [0.3, 0.4) is 0 Å². The smallest absolute Gasteiger partial charge is 0.311 e. The number of Topliss-reactive ketones (excluding diaryl/α,β-unsaturated/α-hetero) is 1. The van der Waals surface area contributed by atoms with Crippen LogP contribution in [0.2, 0.25) is 0 Å². The number of ketones is 1. The molecule has 298 valence electrons. The number of nitrogens with one attached hydrogen (secondary N) is 1. The van der Waals surface area contributed by atoms with E-state index in [0.29, 0.717) is 6.42 Å². The summed E-state index contributed by atoms with van der Waals surface area (Å²) in [4.78, 5) is 28.0. The Balaban J connectivity index is 2.22. The van der Waals surface area contributed by atoms with E-state index in [0.717, 1.165) is 0 Å². The maximum atomic E-state index is 14.1. The molecule has 0 aliphatic carbocycles. The van der Waals surface area contributed by atoms with Gasteiger partial charge in [0.15, 0.2) is 12.6 Å². The summed E-state index contributed by atoms with van der Waals surface area (Å²) in [6, 6.07) is -0.335. The van der Waals surface area contributed by atoms with Gasteiger partial charge in [-0.3, -0.25) is 9.59 Å². The lowest BCUT2D eigenvalue weighted by Gasteiger charge is -2.50. The zero-order valence-corrected chi connectivity index (χ0v) is 33.0. The fourth-order valence-electron chi connectivity index (χ4n) is 8.18. The Morgan fingerprint density at radius 2 is 1.53 bits per heavy atom. The molecule has 0 aromatic rings. The van der Waals surface area contributed by atoms with Crippen molar-refractivity contribution in [2.75, 3.05) is 21.3 Å². The third-order valence-corrected chi connectivity index (χ3v) is 12.3. The quantitative estimate of drug-likeness (QED) is 0.228. The number of hydrogen-bond acceptors (Lipinski definition) is 14. The van der Waals surface area contributed by atoms with E-state index in [1.807, 2.05) is 20.8 Å². The molecule has 3 rings (SSSR count). The topological polar surface area (TPSA) is 192 Å². The number of hydrogen-bond donors (Lipinski definition) is 5. The molecule has 0 amide bonds. The second-order valence-electron chi connectivity index (χ2n) is 15.9. The third-order valence-electron chi connectivity index (χ3n) is 12.3. The van der Waals surface area contributed by atoms with Crippen LogP contribution in [0, 0.1) is 23.7 Å². The summed E-state index contributed by atoms with van der Waals surface area (Å²) in [5.41, 5.74) is -4.25. The van der Waals surface area contributed by atoms with E-state index in [1.165, 1.54) is 21.1 Å². The highest BCUT2D eigenvalue weighted by molar-refractivity contribution is 5.81. The maximum absolute atomic E-state index is 14.1. The molecule has 0 spiro atoms. The van der Waals surface area contributed by atoms with Crippen molar-refractivity contribution in [1.82, 2.24) is 5.32 Å². The Kier molecular flexibility index (Phi) is 15.1. The van der Waals surface area contributed by atoms with Crippen LogP contribution in [-0.2, 0) is 42.7 Å². The lowest BCUT2D eigenvalue weighted by atomic mass is 9.72. The number of likely N-dealkylation sites (N-methyl/N-ethyl adjacent to an activating group) is 1. The van der Waals surface area contributed by atoms with Crippen molar-refractivity contribution >= 4 is 11.8 Å². The average molecular weight is 734 g/mol. The summed E-state index contributed by atoms with van der Waals surface area (Å²) < 4.78 is 43.7. The van der Waals surface area contributed by atoms with Crippen molar-refractivity contribution in [3.05, 3.63) is 0 Å². The van der Waals surface area contributed by atoms with Crippen molar-refractivity contribution < 1.29 is 63.2 Å². The van der Waals surface area contributed by atoms with Crippen LogP contribution in [0.15, 0.2) is 0 Å². The van der Waals surface area contributed by atoms with Gasteiger partial charge in [0.2, 0.25) is 0 Å². The highest BCUT2D eigenvalue weighted by Crippen LogP contribution is 2.42. The molecule has 51 heavy (non-hydrogen) atoms. The number of cyclic esters (lactones) is 1. The van der Waals surface area contributed by atoms with Gasteiger partial charge in [0.25, 0.3) is 0 Å². The summed E-state index contributed by atoms with van der Waals surface area (Å²) in [6.45, 7) is 17.1. The lowest BCUT2D eigenvalue weighted by Crippen LogP contribution is -2.62. The Morgan fingerprint density at radius 3 is 2.08 bits per heavy atom. The molecule has 3 fully saturated rings. The molecule has 14 heteroatoms. The molecule has 0 bridgehead atoms. The maximum Gasteiger partial charge on any atom is 0.311 e. The summed E-state index contributed by atoms with van der Waals surface area (Å²) in [6.07, 6.45) is -8.96. The molecule has 0 aromatic heterocycles. The van der Waals surface area contributed by atoms with Crippen LogP contribution in [0.25, 0.3) is 0 Å². The van der Waals surface area contributed by atoms with E-state index in [4.69, 9.17) is 33.2 Å². The van der Waals surface area contributed by atoms with Gasteiger partial charge in [0, 0.05) is 44.9 Å². The first-order chi connectivity index (χ1) is 23.6. The number of carbonyl (C=O) groups is 2. The monoisotopic (exact) mass is 733 g/mol. The average Bonchev–Trinajstić information content (AvgIpc) is 3.09. The summed E-state index contributed by atoms with van der Waals surface area (Å²) >= 11 is 0. The van der Waals surface area contributed by atoms with Crippen LogP contribution in [0.4, 0.5) is 0 Å². The summed E-state index contributed by atoms with van der Waals surface area (Å²) in [7, 11) is 4.76. The van der Waals surface area contributed by atoms with E-state index >= 15 is 0 Å². The first-order valence-electron chi connectivity index (χ1n) is 18.5. The van der Waals surface area contributed by atoms with Crippen LogP contribution in [0.1, 0.15) is 94.9 Å². The molecular formula is C37H67NO13. The van der Waals surface area contributed by atoms with E-state index < -0.39 is 102 Å². The van der Waals surface area contributed by atoms with E-state index in [9.17, 15) is 30.0 Å². The van der Waals surface area contributed by atoms with Gasteiger partial charge >= 0.3 is 5.97 Å². The molecule has 14 nitrogen and oxygen atoms in total. The van der Waals surface area contributed by atoms with E-state index in [1.54, 1.807) is 48.6 Å². The van der Waals surface area contributed by atoms with Gasteiger partial charge in [-0.2, -0.15) is 0 Å². The van der Waals surface area contributed by atoms with Gasteiger partial charge in [-0.15, -0.1) is 0 Å². The van der Waals surface area contributed by atoms with Gasteiger partial charge in [0.05, 0.1) is 47.6 Å².